The molecular formula is C21H18F3NO5S2. The molecule has 1 atom stereocenters. The predicted molar refractivity (Wildman–Crippen MR) is 111 cm³/mol. The minimum absolute atomic E-state index is 0.220. The molecule has 0 fully saturated rings. The molecule has 0 radical (unpaired) electrons. The Balaban J connectivity index is 2.33. The molecule has 0 aliphatic heterocycles. The molecule has 11 heteroatoms. The van der Waals surface area contributed by atoms with Crippen LogP contribution in [0.4, 0.5) is 13.2 Å². The van der Waals surface area contributed by atoms with Crippen molar-refractivity contribution >= 4 is 20.0 Å². The largest absolute Gasteiger partial charge is 0.497 e. The lowest BCUT2D eigenvalue weighted by Crippen LogP contribution is -2.45. The molecule has 3 rings (SSSR count). The van der Waals surface area contributed by atoms with Gasteiger partial charge in [0.25, 0.3) is 20.0 Å². The third-order valence-electron chi connectivity index (χ3n) is 4.51. The van der Waals surface area contributed by atoms with Gasteiger partial charge in [0.1, 0.15) is 5.75 Å². The van der Waals surface area contributed by atoms with E-state index < -0.39 is 51.3 Å². The van der Waals surface area contributed by atoms with E-state index in [4.69, 9.17) is 4.74 Å². The van der Waals surface area contributed by atoms with E-state index in [-0.39, 0.29) is 5.75 Å². The number of alkyl halides is 3. The minimum Gasteiger partial charge on any atom is -0.497 e. The summed E-state index contributed by atoms with van der Waals surface area (Å²) in [5, 5.41) is 0. The number of hydrogen-bond acceptors (Lipinski definition) is 5. The molecule has 170 valence electrons. The van der Waals surface area contributed by atoms with Gasteiger partial charge in [-0.1, -0.05) is 52.2 Å². The summed E-state index contributed by atoms with van der Waals surface area (Å²) in [5.74, 6) is 0.220. The first kappa shape index (κ1) is 23.8. The number of sulfonamides is 2. The number of methoxy groups -OCH3 is 1. The molecule has 0 aliphatic rings. The molecule has 32 heavy (non-hydrogen) atoms. The summed E-state index contributed by atoms with van der Waals surface area (Å²) in [7, 11) is -9.01. The van der Waals surface area contributed by atoms with E-state index in [1.165, 1.54) is 55.6 Å². The van der Waals surface area contributed by atoms with Crippen LogP contribution in [0.2, 0.25) is 0 Å². The van der Waals surface area contributed by atoms with Gasteiger partial charge in [-0.15, -0.1) is 0 Å². The fourth-order valence-corrected chi connectivity index (χ4v) is 7.02. The van der Waals surface area contributed by atoms with Crippen LogP contribution in [0.5, 0.6) is 5.75 Å². The average molecular weight is 486 g/mol. The van der Waals surface area contributed by atoms with Crippen LogP contribution in [0, 0.1) is 0 Å². The van der Waals surface area contributed by atoms with E-state index in [0.29, 0.717) is 0 Å². The van der Waals surface area contributed by atoms with Crippen molar-refractivity contribution in [1.82, 2.24) is 3.71 Å². The van der Waals surface area contributed by atoms with Gasteiger partial charge in [0.05, 0.1) is 16.9 Å². The van der Waals surface area contributed by atoms with E-state index in [1.54, 1.807) is 0 Å². The third kappa shape index (κ3) is 4.64. The van der Waals surface area contributed by atoms with Crippen LogP contribution in [0.25, 0.3) is 0 Å². The Labute approximate surface area is 184 Å². The first-order chi connectivity index (χ1) is 15.0. The van der Waals surface area contributed by atoms with Gasteiger partial charge in [0, 0.05) is 0 Å². The van der Waals surface area contributed by atoms with Crippen molar-refractivity contribution in [2.45, 2.75) is 22.0 Å². The summed E-state index contributed by atoms with van der Waals surface area (Å²) in [6, 6.07) is 13.5. The van der Waals surface area contributed by atoms with E-state index in [0.717, 1.165) is 36.4 Å². The fourth-order valence-electron chi connectivity index (χ4n) is 3.02. The molecule has 6 nitrogen and oxygen atoms in total. The van der Waals surface area contributed by atoms with Crippen LogP contribution in [0.1, 0.15) is 11.6 Å². The molecule has 0 aromatic heterocycles. The molecule has 0 saturated carbocycles. The van der Waals surface area contributed by atoms with Crippen LogP contribution < -0.4 is 4.74 Å². The van der Waals surface area contributed by atoms with Crippen molar-refractivity contribution in [3.05, 3.63) is 90.5 Å². The van der Waals surface area contributed by atoms with Crippen molar-refractivity contribution < 1.29 is 34.7 Å². The molecule has 0 aliphatic carbocycles. The van der Waals surface area contributed by atoms with Crippen molar-refractivity contribution in [3.63, 3.8) is 0 Å². The Kier molecular flexibility index (Phi) is 6.63. The quantitative estimate of drug-likeness (QED) is 0.496. The second kappa shape index (κ2) is 8.93. The van der Waals surface area contributed by atoms with Gasteiger partial charge in [0.15, 0.2) is 6.04 Å². The molecule has 0 bridgehead atoms. The highest BCUT2D eigenvalue weighted by Crippen LogP contribution is 2.44. The summed E-state index contributed by atoms with van der Waals surface area (Å²) in [6.45, 7) is 0. The number of benzene rings is 3. The summed E-state index contributed by atoms with van der Waals surface area (Å²) < 4.78 is 101. The maximum atomic E-state index is 14.3. The highest BCUT2D eigenvalue weighted by atomic mass is 32.3. The maximum Gasteiger partial charge on any atom is 0.410 e. The predicted octanol–water partition coefficient (Wildman–Crippen LogP) is 4.38. The van der Waals surface area contributed by atoms with Crippen molar-refractivity contribution in [2.24, 2.45) is 0 Å². The standard InChI is InChI=1S/C21H18F3NO5S2/c1-30-17-14-12-16(13-15-17)20(21(22,23)24)25(31(26,27)18-8-4-2-5-9-18)32(28,29)19-10-6-3-7-11-19/h2-15,20H,1H3. The van der Waals surface area contributed by atoms with Gasteiger partial charge in [-0.25, -0.2) is 16.8 Å². The van der Waals surface area contributed by atoms with Crippen LogP contribution in [-0.4, -0.2) is 33.8 Å². The molecule has 0 amide bonds. The Hall–Kier alpha value is -2.89. The number of halogens is 3. The van der Waals surface area contributed by atoms with Crippen molar-refractivity contribution in [3.8, 4) is 5.75 Å². The lowest BCUT2D eigenvalue weighted by Gasteiger charge is -2.32. The number of hydrogen-bond donors (Lipinski definition) is 0. The van der Waals surface area contributed by atoms with Crippen molar-refractivity contribution in [1.29, 1.82) is 0 Å². The Morgan fingerprint density at radius 1 is 0.719 bits per heavy atom. The first-order valence-corrected chi connectivity index (χ1v) is 12.0. The van der Waals surface area contributed by atoms with Gasteiger partial charge in [-0.2, -0.15) is 13.2 Å². The topological polar surface area (TPSA) is 80.8 Å². The molecule has 0 heterocycles. The highest BCUT2D eigenvalue weighted by Gasteiger charge is 2.54. The second-order valence-electron chi connectivity index (χ2n) is 6.58. The number of rotatable bonds is 7. The van der Waals surface area contributed by atoms with Crippen LogP contribution >= 0.6 is 0 Å². The molecule has 0 saturated heterocycles. The van der Waals surface area contributed by atoms with Crippen LogP contribution in [0.15, 0.2) is 94.7 Å². The van der Waals surface area contributed by atoms with E-state index in [2.05, 4.69) is 0 Å². The summed E-state index contributed by atoms with van der Waals surface area (Å²) in [6.07, 6.45) is -5.27. The third-order valence-corrected chi connectivity index (χ3v) is 8.79. The Morgan fingerprint density at radius 2 is 1.12 bits per heavy atom. The van der Waals surface area contributed by atoms with Gasteiger partial charge in [0.2, 0.25) is 0 Å². The maximum absolute atomic E-state index is 14.3. The SMILES string of the molecule is COc1ccc(C(N(S(=O)(=O)c2ccccc2)S(=O)(=O)c2ccccc2)C(F)(F)F)cc1. The van der Waals surface area contributed by atoms with E-state index >= 15 is 0 Å². The van der Waals surface area contributed by atoms with Crippen molar-refractivity contribution in [2.75, 3.05) is 7.11 Å². The zero-order chi connectivity index (χ0) is 23.6. The smallest absolute Gasteiger partial charge is 0.410 e. The van der Waals surface area contributed by atoms with E-state index in [1.807, 2.05) is 0 Å². The fraction of sp³-hybridized carbons (Fsp3) is 0.143. The Morgan fingerprint density at radius 3 is 1.47 bits per heavy atom. The molecule has 1 unspecified atom stereocenters. The number of nitrogens with zero attached hydrogens (tertiary/aromatic N) is 1. The minimum atomic E-state index is -5.27. The zero-order valence-corrected chi connectivity index (χ0v) is 18.2. The summed E-state index contributed by atoms with van der Waals surface area (Å²) in [5.41, 5.74) is -0.586. The molecular weight excluding hydrogens is 467 g/mol. The van der Waals surface area contributed by atoms with Gasteiger partial charge in [-0.05, 0) is 42.0 Å². The lowest BCUT2D eigenvalue weighted by atomic mass is 10.1. The highest BCUT2D eigenvalue weighted by molar-refractivity contribution is 8.04. The van der Waals surface area contributed by atoms with Crippen LogP contribution in [0.3, 0.4) is 0 Å². The molecule has 3 aromatic carbocycles. The normalized spacial score (nSPS) is 13.7. The average Bonchev–Trinajstić information content (AvgIpc) is 2.77. The number of ether oxygens (including phenoxy) is 1. The summed E-state index contributed by atoms with van der Waals surface area (Å²) >= 11 is 0. The molecule has 0 spiro atoms. The van der Waals surface area contributed by atoms with E-state index in [9.17, 15) is 30.0 Å². The molecule has 3 aromatic rings. The first-order valence-electron chi connectivity index (χ1n) is 9.10. The molecule has 0 N–H and O–H groups in total. The summed E-state index contributed by atoms with van der Waals surface area (Å²) in [4.78, 5) is -1.19. The van der Waals surface area contributed by atoms with Gasteiger partial charge >= 0.3 is 6.18 Å². The second-order valence-corrected chi connectivity index (χ2v) is 10.4. The Bertz CT molecular complexity index is 1190. The zero-order valence-electron chi connectivity index (χ0n) is 16.6. The van der Waals surface area contributed by atoms with Gasteiger partial charge < -0.3 is 4.74 Å². The van der Waals surface area contributed by atoms with Crippen LogP contribution in [-0.2, 0) is 20.0 Å². The lowest BCUT2D eigenvalue weighted by molar-refractivity contribution is -0.164. The monoisotopic (exact) mass is 485 g/mol. The van der Waals surface area contributed by atoms with Gasteiger partial charge in [-0.3, -0.25) is 0 Å².